The van der Waals surface area contributed by atoms with Gasteiger partial charge in [0, 0.05) is 17.1 Å². The van der Waals surface area contributed by atoms with E-state index in [4.69, 9.17) is 0 Å². The van der Waals surface area contributed by atoms with Crippen molar-refractivity contribution in [1.29, 1.82) is 0 Å². The van der Waals surface area contributed by atoms with Gasteiger partial charge >= 0.3 is 0 Å². The molecule has 1 unspecified atom stereocenters. The molecular formula is C18H19BrN2O2. The van der Waals surface area contributed by atoms with Crippen molar-refractivity contribution in [3.63, 3.8) is 0 Å². The van der Waals surface area contributed by atoms with Gasteiger partial charge in [-0.15, -0.1) is 0 Å². The summed E-state index contributed by atoms with van der Waals surface area (Å²) in [5.74, 6) is -0.305. The highest BCUT2D eigenvalue weighted by Gasteiger charge is 2.17. The molecule has 0 aliphatic carbocycles. The van der Waals surface area contributed by atoms with Crippen LogP contribution < -0.4 is 10.6 Å². The highest BCUT2D eigenvalue weighted by molar-refractivity contribution is 9.10. The van der Waals surface area contributed by atoms with Gasteiger partial charge in [0.15, 0.2) is 0 Å². The number of benzene rings is 2. The minimum atomic E-state index is -0.342. The predicted molar refractivity (Wildman–Crippen MR) is 95.1 cm³/mol. The van der Waals surface area contributed by atoms with Crippen LogP contribution in [-0.2, 0) is 9.59 Å². The van der Waals surface area contributed by atoms with Crippen molar-refractivity contribution in [2.24, 2.45) is 0 Å². The molecule has 0 aliphatic rings. The molecule has 2 N–H and O–H groups in total. The molecule has 0 radical (unpaired) electrons. The second-order valence-corrected chi connectivity index (χ2v) is 6.23. The zero-order valence-electron chi connectivity index (χ0n) is 13.1. The first-order valence-electron chi connectivity index (χ1n) is 7.34. The molecule has 0 saturated heterocycles. The number of amides is 2. The van der Waals surface area contributed by atoms with E-state index >= 15 is 0 Å². The monoisotopic (exact) mass is 374 g/mol. The predicted octanol–water partition coefficient (Wildman–Crippen LogP) is 3.96. The second-order valence-electron chi connectivity index (χ2n) is 5.38. The Balaban J connectivity index is 2.08. The SMILES string of the molecule is CC(=O)NC(CC(=O)Nc1ccc(Br)c(C)c1)c1ccccc1. The number of aryl methyl sites for hydroxylation is 1. The molecule has 0 fully saturated rings. The maximum absolute atomic E-state index is 12.3. The summed E-state index contributed by atoms with van der Waals surface area (Å²) < 4.78 is 0.996. The first-order chi connectivity index (χ1) is 11.0. The standard InChI is InChI=1S/C18H19BrN2O2/c1-12-10-15(8-9-16(12)19)21-18(23)11-17(20-13(2)22)14-6-4-3-5-7-14/h3-10,17H,11H2,1-2H3,(H,20,22)(H,21,23). The summed E-state index contributed by atoms with van der Waals surface area (Å²) in [5.41, 5.74) is 2.69. The van der Waals surface area contributed by atoms with Gasteiger partial charge in [0.05, 0.1) is 12.5 Å². The molecule has 2 rings (SSSR count). The van der Waals surface area contributed by atoms with Crippen LogP contribution in [0.4, 0.5) is 5.69 Å². The first-order valence-corrected chi connectivity index (χ1v) is 8.13. The van der Waals surface area contributed by atoms with Crippen LogP contribution in [-0.4, -0.2) is 11.8 Å². The fourth-order valence-electron chi connectivity index (χ4n) is 2.30. The first kappa shape index (κ1) is 17.2. The normalized spacial score (nSPS) is 11.6. The average Bonchev–Trinajstić information content (AvgIpc) is 2.51. The van der Waals surface area contributed by atoms with Crippen molar-refractivity contribution in [2.45, 2.75) is 26.3 Å². The Morgan fingerprint density at radius 2 is 1.83 bits per heavy atom. The number of anilines is 1. The Morgan fingerprint density at radius 1 is 1.13 bits per heavy atom. The zero-order valence-corrected chi connectivity index (χ0v) is 14.7. The van der Waals surface area contributed by atoms with Gasteiger partial charge in [-0.05, 0) is 36.2 Å². The number of halogens is 1. The van der Waals surface area contributed by atoms with E-state index in [-0.39, 0.29) is 24.3 Å². The molecule has 0 aliphatic heterocycles. The van der Waals surface area contributed by atoms with Crippen LogP contribution in [0, 0.1) is 6.92 Å². The summed E-state index contributed by atoms with van der Waals surface area (Å²) in [6.45, 7) is 3.41. The van der Waals surface area contributed by atoms with Crippen molar-refractivity contribution in [3.05, 3.63) is 64.1 Å². The third-order valence-electron chi connectivity index (χ3n) is 3.41. The van der Waals surface area contributed by atoms with E-state index in [2.05, 4.69) is 26.6 Å². The quantitative estimate of drug-likeness (QED) is 0.831. The Kier molecular flexibility index (Phi) is 5.93. The van der Waals surface area contributed by atoms with Crippen molar-refractivity contribution in [2.75, 3.05) is 5.32 Å². The number of carbonyl (C=O) groups is 2. The minimum absolute atomic E-state index is 0.144. The second kappa shape index (κ2) is 7.92. The molecule has 4 nitrogen and oxygen atoms in total. The summed E-state index contributed by atoms with van der Waals surface area (Å²) in [7, 11) is 0. The molecular weight excluding hydrogens is 356 g/mol. The van der Waals surface area contributed by atoms with E-state index in [0.717, 1.165) is 21.3 Å². The third kappa shape index (κ3) is 5.21. The smallest absolute Gasteiger partial charge is 0.226 e. The van der Waals surface area contributed by atoms with Gasteiger partial charge in [-0.25, -0.2) is 0 Å². The molecule has 2 amide bonds. The van der Waals surface area contributed by atoms with E-state index in [1.165, 1.54) is 6.92 Å². The summed E-state index contributed by atoms with van der Waals surface area (Å²) in [6.07, 6.45) is 0.179. The molecule has 2 aromatic rings. The highest BCUT2D eigenvalue weighted by atomic mass is 79.9. The van der Waals surface area contributed by atoms with Crippen LogP contribution in [0.3, 0.4) is 0 Å². The van der Waals surface area contributed by atoms with Crippen LogP contribution in [0.5, 0.6) is 0 Å². The molecule has 0 aromatic heterocycles. The number of rotatable bonds is 5. The van der Waals surface area contributed by atoms with E-state index in [0.29, 0.717) is 0 Å². The summed E-state index contributed by atoms with van der Waals surface area (Å²) in [6, 6.07) is 14.8. The van der Waals surface area contributed by atoms with Crippen LogP contribution >= 0.6 is 15.9 Å². The van der Waals surface area contributed by atoms with Crippen LogP contribution in [0.15, 0.2) is 53.0 Å². The largest absolute Gasteiger partial charge is 0.349 e. The Labute approximate surface area is 144 Å². The van der Waals surface area contributed by atoms with Gasteiger partial charge in [-0.2, -0.15) is 0 Å². The van der Waals surface area contributed by atoms with E-state index < -0.39 is 0 Å². The summed E-state index contributed by atoms with van der Waals surface area (Å²) in [4.78, 5) is 23.7. The maximum Gasteiger partial charge on any atom is 0.226 e. The van der Waals surface area contributed by atoms with Crippen molar-refractivity contribution in [1.82, 2.24) is 5.32 Å². The van der Waals surface area contributed by atoms with E-state index in [1.54, 1.807) is 0 Å². The van der Waals surface area contributed by atoms with Crippen molar-refractivity contribution in [3.8, 4) is 0 Å². The lowest BCUT2D eigenvalue weighted by molar-refractivity contribution is -0.120. The van der Waals surface area contributed by atoms with E-state index in [1.807, 2.05) is 55.5 Å². The van der Waals surface area contributed by atoms with Crippen molar-refractivity contribution >= 4 is 33.4 Å². The Morgan fingerprint density at radius 3 is 2.43 bits per heavy atom. The molecule has 0 bridgehead atoms. The van der Waals surface area contributed by atoms with Gasteiger partial charge in [0.1, 0.15) is 0 Å². The van der Waals surface area contributed by atoms with Crippen LogP contribution in [0.1, 0.15) is 30.5 Å². The van der Waals surface area contributed by atoms with Gasteiger partial charge in [0.25, 0.3) is 0 Å². The zero-order chi connectivity index (χ0) is 16.8. The highest BCUT2D eigenvalue weighted by Crippen LogP contribution is 2.21. The van der Waals surface area contributed by atoms with Crippen molar-refractivity contribution < 1.29 is 9.59 Å². The third-order valence-corrected chi connectivity index (χ3v) is 4.30. The Bertz CT molecular complexity index is 701. The topological polar surface area (TPSA) is 58.2 Å². The fourth-order valence-corrected chi connectivity index (χ4v) is 2.55. The summed E-state index contributed by atoms with van der Waals surface area (Å²) >= 11 is 3.43. The van der Waals surface area contributed by atoms with Crippen LogP contribution in [0.25, 0.3) is 0 Å². The lowest BCUT2D eigenvalue weighted by Crippen LogP contribution is -2.29. The molecule has 23 heavy (non-hydrogen) atoms. The van der Waals surface area contributed by atoms with Gasteiger partial charge in [-0.1, -0.05) is 46.3 Å². The summed E-state index contributed by atoms with van der Waals surface area (Å²) in [5, 5.41) is 5.70. The van der Waals surface area contributed by atoms with E-state index in [9.17, 15) is 9.59 Å². The Hall–Kier alpha value is -2.14. The molecule has 120 valence electrons. The van der Waals surface area contributed by atoms with Gasteiger partial charge in [0.2, 0.25) is 11.8 Å². The molecule has 0 heterocycles. The lowest BCUT2D eigenvalue weighted by atomic mass is 10.0. The fraction of sp³-hybridized carbons (Fsp3) is 0.222. The molecule has 2 aromatic carbocycles. The molecule has 0 saturated carbocycles. The number of carbonyl (C=O) groups excluding carboxylic acids is 2. The number of nitrogens with one attached hydrogen (secondary N) is 2. The molecule has 1 atom stereocenters. The minimum Gasteiger partial charge on any atom is -0.349 e. The molecule has 5 heteroatoms. The lowest BCUT2D eigenvalue weighted by Gasteiger charge is -2.18. The molecule has 0 spiro atoms. The maximum atomic E-state index is 12.3. The average molecular weight is 375 g/mol. The van der Waals surface area contributed by atoms with Gasteiger partial charge < -0.3 is 10.6 Å². The number of hydrogen-bond donors (Lipinski definition) is 2. The van der Waals surface area contributed by atoms with Crippen LogP contribution in [0.2, 0.25) is 0 Å². The number of hydrogen-bond acceptors (Lipinski definition) is 2. The van der Waals surface area contributed by atoms with Gasteiger partial charge in [-0.3, -0.25) is 9.59 Å².